The molecule has 1 atom stereocenters. The van der Waals surface area contributed by atoms with E-state index in [1.807, 2.05) is 0 Å². The lowest BCUT2D eigenvalue weighted by molar-refractivity contribution is -0.167. The van der Waals surface area contributed by atoms with E-state index in [0.717, 1.165) is 154 Å². The number of rotatable bonds is 61. The second kappa shape index (κ2) is 69.0. The minimum absolute atomic E-state index is 0.0885. The topological polar surface area (TPSA) is 78.9 Å². The van der Waals surface area contributed by atoms with Crippen LogP contribution in [0.5, 0.6) is 0 Å². The molecule has 0 saturated carbocycles. The van der Waals surface area contributed by atoms with Crippen LogP contribution in [0.2, 0.25) is 0 Å². The minimum Gasteiger partial charge on any atom is -0.462 e. The number of carbonyl (C=O) groups excluding carboxylic acids is 3. The molecule has 0 aliphatic rings. The first kappa shape index (κ1) is 77.5. The van der Waals surface area contributed by atoms with E-state index in [9.17, 15) is 14.4 Å². The van der Waals surface area contributed by atoms with Gasteiger partial charge >= 0.3 is 17.9 Å². The third kappa shape index (κ3) is 66.4. The van der Waals surface area contributed by atoms with Crippen molar-refractivity contribution in [2.45, 2.75) is 316 Å². The molecular weight excluding hydrogens is 1010 g/mol. The smallest absolute Gasteiger partial charge is 0.306 e. The predicted molar refractivity (Wildman–Crippen MR) is 357 cm³/mol. The Kier molecular flexibility index (Phi) is 65.3. The lowest BCUT2D eigenvalue weighted by atomic mass is 10.0. The van der Waals surface area contributed by atoms with E-state index in [-0.39, 0.29) is 31.1 Å². The van der Waals surface area contributed by atoms with E-state index in [1.165, 1.54) is 116 Å². The van der Waals surface area contributed by atoms with Crippen molar-refractivity contribution in [3.63, 3.8) is 0 Å². The monoisotopic (exact) mass is 1130 g/mol. The lowest BCUT2D eigenvalue weighted by Gasteiger charge is -2.18. The summed E-state index contributed by atoms with van der Waals surface area (Å²) in [6, 6.07) is 0. The summed E-state index contributed by atoms with van der Waals surface area (Å²) in [5.41, 5.74) is 0. The third-order valence-electron chi connectivity index (χ3n) is 14.4. The summed E-state index contributed by atoms with van der Waals surface area (Å²) in [5, 5.41) is 0. The number of hydrogen-bond donors (Lipinski definition) is 0. The average Bonchev–Trinajstić information content (AvgIpc) is 3.47. The highest BCUT2D eigenvalue weighted by Gasteiger charge is 2.19. The van der Waals surface area contributed by atoms with Gasteiger partial charge in [0.05, 0.1) is 0 Å². The molecule has 0 aliphatic carbocycles. The fraction of sp³-hybridized carbons (Fsp3) is 0.671. The van der Waals surface area contributed by atoms with Gasteiger partial charge in [0.25, 0.3) is 0 Å². The number of carbonyl (C=O) groups is 3. The summed E-state index contributed by atoms with van der Waals surface area (Å²) in [6.45, 7) is 6.42. The van der Waals surface area contributed by atoms with E-state index in [4.69, 9.17) is 14.2 Å². The minimum atomic E-state index is -0.792. The van der Waals surface area contributed by atoms with E-state index in [0.29, 0.717) is 19.3 Å². The van der Waals surface area contributed by atoms with Crippen molar-refractivity contribution < 1.29 is 28.6 Å². The fourth-order valence-corrected chi connectivity index (χ4v) is 9.36. The molecule has 0 heterocycles. The van der Waals surface area contributed by atoms with Crippen molar-refractivity contribution in [1.29, 1.82) is 0 Å². The van der Waals surface area contributed by atoms with Crippen LogP contribution in [0, 0.1) is 0 Å². The second-order valence-corrected chi connectivity index (χ2v) is 22.3. The maximum Gasteiger partial charge on any atom is 0.306 e. The van der Waals surface area contributed by atoms with Crippen LogP contribution < -0.4 is 0 Å². The van der Waals surface area contributed by atoms with Crippen LogP contribution >= 0.6 is 0 Å². The van der Waals surface area contributed by atoms with E-state index < -0.39 is 6.10 Å². The van der Waals surface area contributed by atoms with Gasteiger partial charge < -0.3 is 14.2 Å². The summed E-state index contributed by atoms with van der Waals surface area (Å²) in [7, 11) is 0. The molecule has 0 aromatic carbocycles. The van der Waals surface area contributed by atoms with Crippen LogP contribution in [0.4, 0.5) is 0 Å². The fourth-order valence-electron chi connectivity index (χ4n) is 9.36. The van der Waals surface area contributed by atoms with Gasteiger partial charge in [-0.15, -0.1) is 0 Å². The largest absolute Gasteiger partial charge is 0.462 e. The Labute approximate surface area is 506 Å². The molecule has 1 unspecified atom stereocenters. The van der Waals surface area contributed by atoms with Crippen LogP contribution in [0.1, 0.15) is 310 Å². The second-order valence-electron chi connectivity index (χ2n) is 22.3. The molecule has 0 aromatic rings. The molecular formula is C76H126O6. The number of esters is 3. The highest BCUT2D eigenvalue weighted by molar-refractivity contribution is 5.71. The van der Waals surface area contributed by atoms with Gasteiger partial charge in [0.2, 0.25) is 0 Å². The molecule has 466 valence electrons. The number of unbranched alkanes of at least 4 members (excludes halogenated alkanes) is 28. The molecule has 6 nitrogen and oxygen atoms in total. The summed E-state index contributed by atoms with van der Waals surface area (Å²) < 4.78 is 16.9. The highest BCUT2D eigenvalue weighted by Crippen LogP contribution is 2.16. The molecule has 0 spiro atoms. The number of ether oxygens (including phenoxy) is 3. The van der Waals surface area contributed by atoms with Crippen molar-refractivity contribution in [1.82, 2.24) is 0 Å². The van der Waals surface area contributed by atoms with Crippen LogP contribution in [-0.2, 0) is 28.6 Å². The van der Waals surface area contributed by atoms with Crippen LogP contribution in [0.25, 0.3) is 0 Å². The standard InChI is InChI=1S/C76H126O6/c1-4-7-10-13-16-19-22-25-28-30-31-32-33-34-35-36-37-38-39-40-41-42-43-44-45-46-49-51-54-57-60-63-66-69-75(78)81-72-73(71-80-74(77)68-65-62-59-56-53-50-47-27-24-21-18-15-12-9-6-3)82-76(79)70-67-64-61-58-55-52-48-29-26-23-20-17-14-11-8-5-2/h7,9-10,12,16,18-19,21,25,27-28,31-32,34-35,37-38,40-41,43-44,47,73H,4-6,8,11,13-15,17,20,22-24,26,29-30,33,36,39,42,45-46,48-72H2,1-3H3/b10-7-,12-9-,19-16-,21-18-,28-25-,32-31-,35-34-,38-37-,41-40-,44-43-,47-27-. The Hall–Kier alpha value is -4.45. The Bertz CT molecular complexity index is 1730. The first-order valence-corrected chi connectivity index (χ1v) is 34.2. The van der Waals surface area contributed by atoms with Crippen LogP contribution in [0.15, 0.2) is 134 Å². The van der Waals surface area contributed by atoms with Crippen molar-refractivity contribution in [3.05, 3.63) is 134 Å². The zero-order valence-corrected chi connectivity index (χ0v) is 53.5. The predicted octanol–water partition coefficient (Wildman–Crippen LogP) is 23.7. The molecule has 6 heteroatoms. The molecule has 0 radical (unpaired) electrons. The zero-order valence-electron chi connectivity index (χ0n) is 53.5. The summed E-state index contributed by atoms with van der Waals surface area (Å²) in [6.07, 6.45) is 97.5. The molecule has 0 fully saturated rings. The molecule has 0 aliphatic heterocycles. The molecule has 0 bridgehead atoms. The first-order chi connectivity index (χ1) is 40.5. The Morgan fingerprint density at radius 3 is 0.744 bits per heavy atom. The van der Waals surface area contributed by atoms with E-state index in [1.54, 1.807) is 0 Å². The van der Waals surface area contributed by atoms with E-state index >= 15 is 0 Å². The molecule has 82 heavy (non-hydrogen) atoms. The summed E-state index contributed by atoms with van der Waals surface area (Å²) in [5.74, 6) is -0.904. The molecule has 0 N–H and O–H groups in total. The Balaban J connectivity index is 4.31. The van der Waals surface area contributed by atoms with Gasteiger partial charge in [-0.1, -0.05) is 309 Å². The maximum atomic E-state index is 12.9. The summed E-state index contributed by atoms with van der Waals surface area (Å²) >= 11 is 0. The zero-order chi connectivity index (χ0) is 59.2. The van der Waals surface area contributed by atoms with Crippen molar-refractivity contribution in [2.75, 3.05) is 13.2 Å². The van der Waals surface area contributed by atoms with Gasteiger partial charge in [-0.05, 0) is 116 Å². The highest BCUT2D eigenvalue weighted by atomic mass is 16.6. The van der Waals surface area contributed by atoms with Crippen molar-refractivity contribution in [2.24, 2.45) is 0 Å². The Morgan fingerprint density at radius 2 is 0.476 bits per heavy atom. The third-order valence-corrected chi connectivity index (χ3v) is 14.4. The van der Waals surface area contributed by atoms with Gasteiger partial charge in [-0.25, -0.2) is 0 Å². The quantitative estimate of drug-likeness (QED) is 0.0261. The maximum absolute atomic E-state index is 12.9. The van der Waals surface area contributed by atoms with Gasteiger partial charge in [0.15, 0.2) is 6.10 Å². The van der Waals surface area contributed by atoms with Crippen LogP contribution in [0.3, 0.4) is 0 Å². The first-order valence-electron chi connectivity index (χ1n) is 34.2. The molecule has 0 aromatic heterocycles. The van der Waals surface area contributed by atoms with Crippen LogP contribution in [-0.4, -0.2) is 37.2 Å². The van der Waals surface area contributed by atoms with Crippen molar-refractivity contribution >= 4 is 17.9 Å². The number of hydrogen-bond acceptors (Lipinski definition) is 6. The Morgan fingerprint density at radius 1 is 0.256 bits per heavy atom. The summed E-state index contributed by atoms with van der Waals surface area (Å²) in [4.78, 5) is 38.4. The lowest BCUT2D eigenvalue weighted by Crippen LogP contribution is -2.30. The van der Waals surface area contributed by atoms with Crippen molar-refractivity contribution in [3.8, 4) is 0 Å². The molecule has 0 saturated heterocycles. The van der Waals surface area contributed by atoms with Gasteiger partial charge in [0, 0.05) is 19.3 Å². The van der Waals surface area contributed by atoms with Gasteiger partial charge in [-0.3, -0.25) is 14.4 Å². The SMILES string of the molecule is CC/C=C\C/C=C\C/C=C\C/C=C\C/C=C\C/C=C\C/C=C\C/C=C\CCCCCCCCCCC(=O)OCC(COC(=O)CCCCCCC/C=C\C/C=C\C/C=C\CC)OC(=O)CCCCCCCCCCCCCCCCCC. The van der Waals surface area contributed by atoms with E-state index in [2.05, 4.69) is 154 Å². The normalized spacial score (nSPS) is 13.0. The molecule has 0 amide bonds. The van der Waals surface area contributed by atoms with Gasteiger partial charge in [0.1, 0.15) is 13.2 Å². The average molecular weight is 1140 g/mol. The molecule has 0 rings (SSSR count). The number of allylic oxidation sites excluding steroid dienone is 22. The van der Waals surface area contributed by atoms with Gasteiger partial charge in [-0.2, -0.15) is 0 Å².